The molecular weight excluding hydrogens is 292 g/mol. The van der Waals surface area contributed by atoms with Gasteiger partial charge < -0.3 is 10.3 Å². The molecule has 124 valence electrons. The largest absolute Gasteiger partial charge is 0.357 e. The van der Waals surface area contributed by atoms with Crippen molar-refractivity contribution in [1.29, 1.82) is 0 Å². The molecule has 0 saturated heterocycles. The van der Waals surface area contributed by atoms with Gasteiger partial charge in [-0.1, -0.05) is 42.0 Å². The molecule has 4 rings (SSSR count). The van der Waals surface area contributed by atoms with Crippen LogP contribution < -0.4 is 5.32 Å². The Kier molecular flexibility index (Phi) is 4.15. The summed E-state index contributed by atoms with van der Waals surface area (Å²) >= 11 is 0. The maximum Gasteiger partial charge on any atom is 0.0478 e. The highest BCUT2D eigenvalue weighted by Gasteiger charge is 2.25. The predicted molar refractivity (Wildman–Crippen MR) is 101 cm³/mol. The average Bonchev–Trinajstić information content (AvgIpc) is 2.95. The normalized spacial score (nSPS) is 18.5. The summed E-state index contributed by atoms with van der Waals surface area (Å²) in [6.07, 6.45) is 4.76. The lowest BCUT2D eigenvalue weighted by molar-refractivity contribution is 0.402. The number of hydrogen-bond acceptors (Lipinski definition) is 1. The minimum atomic E-state index is 0.445. The summed E-state index contributed by atoms with van der Waals surface area (Å²) in [4.78, 5) is 3.70. The number of fused-ring (bicyclic) bond motifs is 3. The van der Waals surface area contributed by atoms with Gasteiger partial charge in [0.05, 0.1) is 0 Å². The maximum atomic E-state index is 3.87. The van der Waals surface area contributed by atoms with Crippen molar-refractivity contribution in [3.05, 3.63) is 70.9 Å². The lowest BCUT2D eigenvalue weighted by Crippen LogP contribution is -2.34. The highest BCUT2D eigenvalue weighted by atomic mass is 15.0. The van der Waals surface area contributed by atoms with Gasteiger partial charge in [0.1, 0.15) is 0 Å². The fourth-order valence-corrected chi connectivity index (χ4v) is 4.11. The van der Waals surface area contributed by atoms with Crippen LogP contribution in [-0.2, 0) is 12.8 Å². The molecule has 1 aromatic heterocycles. The van der Waals surface area contributed by atoms with E-state index in [-0.39, 0.29) is 0 Å². The molecule has 1 heterocycles. The van der Waals surface area contributed by atoms with Gasteiger partial charge in [0.2, 0.25) is 0 Å². The van der Waals surface area contributed by atoms with Crippen molar-refractivity contribution in [2.45, 2.75) is 51.6 Å². The molecule has 0 fully saturated rings. The lowest BCUT2D eigenvalue weighted by atomic mass is 9.90. The quantitative estimate of drug-likeness (QED) is 0.690. The van der Waals surface area contributed by atoms with E-state index in [0.29, 0.717) is 12.1 Å². The van der Waals surface area contributed by atoms with E-state index in [1.54, 1.807) is 0 Å². The van der Waals surface area contributed by atoms with Gasteiger partial charge in [0, 0.05) is 28.7 Å². The number of nitrogens with one attached hydrogen (secondary N) is 2. The summed E-state index contributed by atoms with van der Waals surface area (Å²) in [6, 6.07) is 18.4. The van der Waals surface area contributed by atoms with Crippen LogP contribution >= 0.6 is 0 Å². The van der Waals surface area contributed by atoms with Crippen molar-refractivity contribution >= 4 is 10.9 Å². The van der Waals surface area contributed by atoms with Gasteiger partial charge in [-0.15, -0.1) is 0 Å². The smallest absolute Gasteiger partial charge is 0.0478 e. The second kappa shape index (κ2) is 6.45. The number of aromatic amines is 1. The minimum Gasteiger partial charge on any atom is -0.357 e. The van der Waals surface area contributed by atoms with E-state index >= 15 is 0 Å². The first-order valence-corrected chi connectivity index (χ1v) is 9.12. The van der Waals surface area contributed by atoms with Gasteiger partial charge in [-0.2, -0.15) is 0 Å². The molecule has 2 atom stereocenters. The van der Waals surface area contributed by atoms with Crippen LogP contribution in [0, 0.1) is 6.92 Å². The molecule has 0 aliphatic heterocycles. The van der Waals surface area contributed by atoms with Crippen LogP contribution in [0.1, 0.15) is 48.2 Å². The van der Waals surface area contributed by atoms with Gasteiger partial charge in [-0.3, -0.25) is 0 Å². The fraction of sp³-hybridized carbons (Fsp3) is 0.364. The van der Waals surface area contributed by atoms with Crippen LogP contribution in [0.5, 0.6) is 0 Å². The van der Waals surface area contributed by atoms with Crippen molar-refractivity contribution in [2.24, 2.45) is 0 Å². The Morgan fingerprint density at radius 1 is 1.17 bits per heavy atom. The van der Waals surface area contributed by atoms with E-state index in [4.69, 9.17) is 0 Å². The molecule has 2 heteroatoms. The number of aromatic nitrogens is 1. The molecule has 1 aliphatic rings. The Bertz CT molecular complexity index is 832. The minimum absolute atomic E-state index is 0.445. The van der Waals surface area contributed by atoms with Crippen LogP contribution in [-0.4, -0.2) is 11.0 Å². The molecule has 0 spiro atoms. The first kappa shape index (κ1) is 15.5. The molecule has 0 radical (unpaired) electrons. The Labute approximate surface area is 144 Å². The van der Waals surface area contributed by atoms with E-state index in [9.17, 15) is 0 Å². The first-order chi connectivity index (χ1) is 11.7. The summed E-state index contributed by atoms with van der Waals surface area (Å²) < 4.78 is 0. The summed E-state index contributed by atoms with van der Waals surface area (Å²) in [5.74, 6) is 0. The standard InChI is InChI=1S/C22H26N2/c1-15-11-12-20-19(13-15)18-9-6-10-21(22(18)24-20)23-16(2)14-17-7-4-3-5-8-17/h3-5,7-8,11-13,16,21,23-24H,6,9-10,14H2,1-2H3/t16-,21+/m1/s1. The molecule has 24 heavy (non-hydrogen) atoms. The molecule has 0 unspecified atom stereocenters. The molecule has 2 N–H and O–H groups in total. The zero-order valence-corrected chi connectivity index (χ0v) is 14.6. The third-order valence-electron chi connectivity index (χ3n) is 5.23. The Balaban J connectivity index is 1.56. The third-order valence-corrected chi connectivity index (χ3v) is 5.23. The average molecular weight is 318 g/mol. The molecule has 2 nitrogen and oxygen atoms in total. The van der Waals surface area contributed by atoms with Crippen molar-refractivity contribution in [2.75, 3.05) is 0 Å². The molecule has 1 aliphatic carbocycles. The summed E-state index contributed by atoms with van der Waals surface area (Å²) in [6.45, 7) is 4.48. The summed E-state index contributed by atoms with van der Waals surface area (Å²) in [5, 5.41) is 5.29. The van der Waals surface area contributed by atoms with Crippen molar-refractivity contribution in [1.82, 2.24) is 10.3 Å². The van der Waals surface area contributed by atoms with Crippen LogP contribution in [0.2, 0.25) is 0 Å². The van der Waals surface area contributed by atoms with Crippen molar-refractivity contribution in [3.8, 4) is 0 Å². The third kappa shape index (κ3) is 2.99. The zero-order chi connectivity index (χ0) is 16.5. The van der Waals surface area contributed by atoms with Crippen LogP contribution in [0.25, 0.3) is 10.9 Å². The molecule has 2 aromatic carbocycles. The zero-order valence-electron chi connectivity index (χ0n) is 14.6. The van der Waals surface area contributed by atoms with Crippen LogP contribution in [0.15, 0.2) is 48.5 Å². The number of rotatable bonds is 4. The number of benzene rings is 2. The van der Waals surface area contributed by atoms with E-state index in [2.05, 4.69) is 72.7 Å². The monoisotopic (exact) mass is 318 g/mol. The highest BCUT2D eigenvalue weighted by Crippen LogP contribution is 2.35. The lowest BCUT2D eigenvalue weighted by Gasteiger charge is -2.27. The molecule has 0 saturated carbocycles. The number of H-pyrrole nitrogens is 1. The fourth-order valence-electron chi connectivity index (χ4n) is 4.11. The van der Waals surface area contributed by atoms with E-state index in [1.165, 1.54) is 52.5 Å². The van der Waals surface area contributed by atoms with Gasteiger partial charge in [0.25, 0.3) is 0 Å². The van der Waals surface area contributed by atoms with Crippen molar-refractivity contribution < 1.29 is 0 Å². The van der Waals surface area contributed by atoms with Gasteiger partial charge in [-0.05, 0) is 62.8 Å². The maximum absolute atomic E-state index is 3.87. The highest BCUT2D eigenvalue weighted by molar-refractivity contribution is 5.85. The Morgan fingerprint density at radius 3 is 2.83 bits per heavy atom. The molecule has 3 aromatic rings. The van der Waals surface area contributed by atoms with Crippen molar-refractivity contribution in [3.63, 3.8) is 0 Å². The summed E-state index contributed by atoms with van der Waals surface area (Å²) in [7, 11) is 0. The predicted octanol–water partition coefficient (Wildman–Crippen LogP) is 5.07. The molecular formula is C22H26N2. The van der Waals surface area contributed by atoms with Crippen LogP contribution in [0.3, 0.4) is 0 Å². The van der Waals surface area contributed by atoms with E-state index < -0.39 is 0 Å². The Hall–Kier alpha value is -2.06. The molecule has 0 bridgehead atoms. The van der Waals surface area contributed by atoms with E-state index in [0.717, 1.165) is 6.42 Å². The second-order valence-electron chi connectivity index (χ2n) is 7.27. The van der Waals surface area contributed by atoms with Gasteiger partial charge in [-0.25, -0.2) is 0 Å². The first-order valence-electron chi connectivity index (χ1n) is 9.12. The van der Waals surface area contributed by atoms with E-state index in [1.807, 2.05) is 0 Å². The van der Waals surface area contributed by atoms with Crippen LogP contribution in [0.4, 0.5) is 0 Å². The topological polar surface area (TPSA) is 27.8 Å². The second-order valence-corrected chi connectivity index (χ2v) is 7.27. The number of aryl methyl sites for hydroxylation is 2. The van der Waals surface area contributed by atoms with Gasteiger partial charge >= 0.3 is 0 Å². The Morgan fingerprint density at radius 2 is 2.00 bits per heavy atom. The number of hydrogen-bond donors (Lipinski definition) is 2. The van der Waals surface area contributed by atoms with Gasteiger partial charge in [0.15, 0.2) is 0 Å². The summed E-state index contributed by atoms with van der Waals surface area (Å²) in [5.41, 5.74) is 6.98. The molecule has 0 amide bonds. The SMILES string of the molecule is Cc1ccc2[nH]c3c(c2c1)CCC[C@@H]3N[C@H](C)Cc1ccccc1.